The second-order valence-electron chi connectivity index (χ2n) is 5.95. The standard InChI is InChI=1S/C18H27N3O3/c1-3-17(22)19-14-18(23)21-12-10-20(11-13-21)9-8-15-4-6-16(24-2)7-5-15/h4-7H,3,8-14H2,1-2H3,(H,19,22). The summed E-state index contributed by atoms with van der Waals surface area (Å²) in [4.78, 5) is 27.5. The molecule has 1 aromatic rings. The molecule has 1 N–H and O–H groups in total. The van der Waals surface area contributed by atoms with E-state index in [1.165, 1.54) is 5.56 Å². The van der Waals surface area contributed by atoms with Crippen molar-refractivity contribution in [2.45, 2.75) is 19.8 Å². The van der Waals surface area contributed by atoms with Gasteiger partial charge in [-0.15, -0.1) is 0 Å². The van der Waals surface area contributed by atoms with Gasteiger partial charge in [-0.1, -0.05) is 19.1 Å². The summed E-state index contributed by atoms with van der Waals surface area (Å²) in [5.74, 6) is 0.800. The molecule has 1 saturated heterocycles. The average Bonchev–Trinajstić information content (AvgIpc) is 2.64. The van der Waals surface area contributed by atoms with Crippen LogP contribution in [0, 0.1) is 0 Å². The molecule has 1 aliphatic heterocycles. The van der Waals surface area contributed by atoms with Gasteiger partial charge in [-0.25, -0.2) is 0 Å². The molecule has 0 unspecified atom stereocenters. The van der Waals surface area contributed by atoms with Gasteiger partial charge in [0.15, 0.2) is 0 Å². The zero-order valence-electron chi connectivity index (χ0n) is 14.6. The van der Waals surface area contributed by atoms with Crippen molar-refractivity contribution in [3.63, 3.8) is 0 Å². The minimum atomic E-state index is -0.0820. The van der Waals surface area contributed by atoms with Crippen LogP contribution in [0.1, 0.15) is 18.9 Å². The smallest absolute Gasteiger partial charge is 0.242 e. The van der Waals surface area contributed by atoms with Crippen molar-refractivity contribution in [2.24, 2.45) is 0 Å². The van der Waals surface area contributed by atoms with Crippen LogP contribution < -0.4 is 10.1 Å². The van der Waals surface area contributed by atoms with E-state index in [9.17, 15) is 9.59 Å². The number of piperazine rings is 1. The zero-order valence-corrected chi connectivity index (χ0v) is 14.6. The van der Waals surface area contributed by atoms with Crippen molar-refractivity contribution < 1.29 is 14.3 Å². The van der Waals surface area contributed by atoms with Gasteiger partial charge >= 0.3 is 0 Å². The normalized spacial score (nSPS) is 15.2. The molecular formula is C18H27N3O3. The second kappa shape index (κ2) is 9.27. The molecule has 0 aliphatic carbocycles. The Morgan fingerprint density at radius 3 is 2.38 bits per heavy atom. The Hall–Kier alpha value is -2.08. The number of hydrogen-bond acceptors (Lipinski definition) is 4. The number of nitrogens with zero attached hydrogens (tertiary/aromatic N) is 2. The number of benzene rings is 1. The maximum atomic E-state index is 12.0. The monoisotopic (exact) mass is 333 g/mol. The summed E-state index contributed by atoms with van der Waals surface area (Å²) in [5, 5.41) is 2.64. The van der Waals surface area contributed by atoms with Crippen LogP contribution >= 0.6 is 0 Å². The molecule has 0 bridgehead atoms. The Labute approximate surface area is 143 Å². The molecule has 1 fully saturated rings. The van der Waals surface area contributed by atoms with Crippen LogP contribution in [0.2, 0.25) is 0 Å². The fraction of sp³-hybridized carbons (Fsp3) is 0.556. The van der Waals surface area contributed by atoms with Gasteiger partial charge < -0.3 is 15.0 Å². The van der Waals surface area contributed by atoms with Crippen LogP contribution in [0.3, 0.4) is 0 Å². The van der Waals surface area contributed by atoms with Gasteiger partial charge in [0, 0.05) is 39.1 Å². The van der Waals surface area contributed by atoms with E-state index >= 15 is 0 Å². The van der Waals surface area contributed by atoms with E-state index < -0.39 is 0 Å². The van der Waals surface area contributed by atoms with Crippen molar-refractivity contribution in [3.8, 4) is 5.75 Å². The first kappa shape index (κ1) is 18.3. The molecule has 1 heterocycles. The summed E-state index contributed by atoms with van der Waals surface area (Å²) >= 11 is 0. The lowest BCUT2D eigenvalue weighted by Gasteiger charge is -2.34. The lowest BCUT2D eigenvalue weighted by Crippen LogP contribution is -2.51. The minimum absolute atomic E-state index is 0.00612. The van der Waals surface area contributed by atoms with E-state index in [0.29, 0.717) is 6.42 Å². The summed E-state index contributed by atoms with van der Waals surface area (Å²) < 4.78 is 5.17. The van der Waals surface area contributed by atoms with Crippen LogP contribution in [-0.4, -0.2) is 68.0 Å². The van der Waals surface area contributed by atoms with E-state index in [2.05, 4.69) is 22.3 Å². The highest BCUT2D eigenvalue weighted by molar-refractivity contribution is 5.84. The van der Waals surface area contributed by atoms with E-state index in [-0.39, 0.29) is 18.4 Å². The van der Waals surface area contributed by atoms with E-state index in [1.54, 1.807) is 14.0 Å². The van der Waals surface area contributed by atoms with Gasteiger partial charge in [0.2, 0.25) is 11.8 Å². The predicted octanol–water partition coefficient (Wildman–Crippen LogP) is 0.908. The van der Waals surface area contributed by atoms with Crippen LogP contribution in [0.25, 0.3) is 0 Å². The molecule has 1 aromatic carbocycles. The topological polar surface area (TPSA) is 61.9 Å². The highest BCUT2D eigenvalue weighted by atomic mass is 16.5. The van der Waals surface area contributed by atoms with Crippen molar-refractivity contribution in [2.75, 3.05) is 46.4 Å². The second-order valence-corrected chi connectivity index (χ2v) is 5.95. The van der Waals surface area contributed by atoms with E-state index in [1.807, 2.05) is 17.0 Å². The maximum absolute atomic E-state index is 12.0. The molecule has 2 rings (SSSR count). The predicted molar refractivity (Wildman–Crippen MR) is 93.0 cm³/mol. The number of methoxy groups -OCH3 is 1. The van der Waals surface area contributed by atoms with E-state index in [0.717, 1.165) is 44.9 Å². The Balaban J connectivity index is 1.68. The first-order chi connectivity index (χ1) is 11.6. The first-order valence-electron chi connectivity index (χ1n) is 8.52. The number of hydrogen-bond donors (Lipinski definition) is 1. The summed E-state index contributed by atoms with van der Waals surface area (Å²) in [6.45, 7) is 6.08. The van der Waals surface area contributed by atoms with Crippen molar-refractivity contribution >= 4 is 11.8 Å². The number of carbonyl (C=O) groups excluding carboxylic acids is 2. The molecule has 2 amide bonds. The van der Waals surface area contributed by atoms with Gasteiger partial charge in [-0.05, 0) is 24.1 Å². The number of rotatable bonds is 7. The highest BCUT2D eigenvalue weighted by Crippen LogP contribution is 2.12. The average molecular weight is 333 g/mol. The molecule has 0 aromatic heterocycles. The fourth-order valence-corrected chi connectivity index (χ4v) is 2.71. The van der Waals surface area contributed by atoms with Crippen LogP contribution in [0.15, 0.2) is 24.3 Å². The molecule has 0 spiro atoms. The third-order valence-corrected chi connectivity index (χ3v) is 4.36. The number of ether oxygens (including phenoxy) is 1. The minimum Gasteiger partial charge on any atom is -0.497 e. The first-order valence-corrected chi connectivity index (χ1v) is 8.52. The van der Waals surface area contributed by atoms with E-state index in [4.69, 9.17) is 4.74 Å². The Kier molecular flexibility index (Phi) is 7.06. The van der Waals surface area contributed by atoms with Gasteiger partial charge in [0.1, 0.15) is 5.75 Å². The zero-order chi connectivity index (χ0) is 17.4. The molecule has 6 nitrogen and oxygen atoms in total. The summed E-state index contributed by atoms with van der Waals surface area (Å²) in [6.07, 6.45) is 1.40. The Morgan fingerprint density at radius 1 is 1.12 bits per heavy atom. The largest absolute Gasteiger partial charge is 0.497 e. The van der Waals surface area contributed by atoms with Crippen LogP contribution in [-0.2, 0) is 16.0 Å². The molecule has 0 atom stereocenters. The number of carbonyl (C=O) groups is 2. The van der Waals surface area contributed by atoms with Crippen LogP contribution in [0.4, 0.5) is 0 Å². The van der Waals surface area contributed by atoms with Crippen molar-refractivity contribution in [1.29, 1.82) is 0 Å². The fourth-order valence-electron chi connectivity index (χ4n) is 2.71. The molecule has 1 aliphatic rings. The quantitative estimate of drug-likeness (QED) is 0.806. The molecule has 0 radical (unpaired) electrons. The van der Waals surface area contributed by atoms with Crippen molar-refractivity contribution in [1.82, 2.24) is 15.1 Å². The van der Waals surface area contributed by atoms with Gasteiger partial charge in [-0.2, -0.15) is 0 Å². The Bertz CT molecular complexity index is 537. The third kappa shape index (κ3) is 5.53. The van der Waals surface area contributed by atoms with Crippen LogP contribution in [0.5, 0.6) is 5.75 Å². The lowest BCUT2D eigenvalue weighted by atomic mass is 10.1. The number of nitrogens with one attached hydrogen (secondary N) is 1. The van der Waals surface area contributed by atoms with Gasteiger partial charge in [-0.3, -0.25) is 14.5 Å². The molecule has 0 saturated carbocycles. The third-order valence-electron chi connectivity index (χ3n) is 4.36. The van der Waals surface area contributed by atoms with Gasteiger partial charge in [0.05, 0.1) is 13.7 Å². The molecule has 132 valence electrons. The molecule has 6 heteroatoms. The lowest BCUT2D eigenvalue weighted by molar-refractivity contribution is -0.134. The van der Waals surface area contributed by atoms with Crippen molar-refractivity contribution in [3.05, 3.63) is 29.8 Å². The summed E-state index contributed by atoms with van der Waals surface area (Å²) in [7, 11) is 1.67. The molecular weight excluding hydrogens is 306 g/mol. The number of amides is 2. The highest BCUT2D eigenvalue weighted by Gasteiger charge is 2.20. The molecule has 24 heavy (non-hydrogen) atoms. The SMILES string of the molecule is CCC(=O)NCC(=O)N1CCN(CCc2ccc(OC)cc2)CC1. The summed E-state index contributed by atoms with van der Waals surface area (Å²) in [5.41, 5.74) is 1.29. The maximum Gasteiger partial charge on any atom is 0.242 e. The van der Waals surface area contributed by atoms with Gasteiger partial charge in [0.25, 0.3) is 0 Å². The summed E-state index contributed by atoms with van der Waals surface area (Å²) in [6, 6.07) is 8.15. The Morgan fingerprint density at radius 2 is 1.79 bits per heavy atom.